The van der Waals surface area contributed by atoms with Crippen LogP contribution in [0.1, 0.15) is 21.6 Å². The van der Waals surface area contributed by atoms with Crippen LogP contribution in [0.5, 0.6) is 11.6 Å². The fraction of sp³-hybridized carbons (Fsp3) is 0.0526. The molecule has 2 N–H and O–H groups in total. The van der Waals surface area contributed by atoms with E-state index < -0.39 is 5.97 Å². The third kappa shape index (κ3) is 3.21. The van der Waals surface area contributed by atoms with Crippen LogP contribution in [0.4, 0.5) is 0 Å². The Morgan fingerprint density at radius 3 is 2.78 bits per heavy atom. The summed E-state index contributed by atoms with van der Waals surface area (Å²) in [7, 11) is 1.88. The van der Waals surface area contributed by atoms with Gasteiger partial charge in [0.05, 0.1) is 17.3 Å². The molecule has 132 valence electrons. The number of benzene rings is 2. The Bertz CT molecular complexity index is 1200. The van der Waals surface area contributed by atoms with Gasteiger partial charge in [-0.25, -0.2) is 9.89 Å². The van der Waals surface area contributed by atoms with E-state index in [-0.39, 0.29) is 11.6 Å². The topological polar surface area (TPSA) is 106 Å². The number of rotatable bonds is 3. The van der Waals surface area contributed by atoms with Gasteiger partial charge < -0.3 is 9.84 Å². The number of para-hydroxylation sites is 1. The highest BCUT2D eigenvalue weighted by Gasteiger charge is 2.16. The average molecular weight is 359 g/mol. The zero-order valence-electron chi connectivity index (χ0n) is 14.2. The second-order valence-corrected chi connectivity index (χ2v) is 5.68. The van der Waals surface area contributed by atoms with Gasteiger partial charge in [0.1, 0.15) is 5.75 Å². The molecule has 0 unspecified atom stereocenters. The lowest BCUT2D eigenvalue weighted by atomic mass is 10.1. The Morgan fingerprint density at radius 1 is 1.19 bits per heavy atom. The van der Waals surface area contributed by atoms with Crippen molar-refractivity contribution in [3.63, 3.8) is 0 Å². The summed E-state index contributed by atoms with van der Waals surface area (Å²) < 4.78 is 7.27. The Morgan fingerprint density at radius 2 is 2.00 bits per heavy atom. The molecular formula is C19H13N5O3. The van der Waals surface area contributed by atoms with Crippen LogP contribution in [0.15, 0.2) is 48.7 Å². The molecule has 0 radical (unpaired) electrons. The molecule has 8 heteroatoms. The first-order valence-corrected chi connectivity index (χ1v) is 7.97. The minimum absolute atomic E-state index is 0.0239. The molecule has 8 nitrogen and oxygen atoms in total. The molecule has 0 fully saturated rings. The molecule has 0 aliphatic carbocycles. The molecule has 0 aliphatic heterocycles. The van der Waals surface area contributed by atoms with Crippen molar-refractivity contribution in [1.29, 1.82) is 0 Å². The van der Waals surface area contributed by atoms with Crippen molar-refractivity contribution in [1.82, 2.24) is 25.2 Å². The van der Waals surface area contributed by atoms with Crippen molar-refractivity contribution in [2.24, 2.45) is 7.05 Å². The summed E-state index contributed by atoms with van der Waals surface area (Å²) in [5.41, 5.74) is 2.39. The number of H-pyrrole nitrogens is 1. The molecule has 2 heterocycles. The molecular weight excluding hydrogens is 346 g/mol. The Labute approximate surface area is 153 Å². The van der Waals surface area contributed by atoms with Crippen LogP contribution < -0.4 is 4.74 Å². The van der Waals surface area contributed by atoms with E-state index >= 15 is 0 Å². The monoisotopic (exact) mass is 359 g/mol. The zero-order valence-corrected chi connectivity index (χ0v) is 14.2. The van der Waals surface area contributed by atoms with Crippen molar-refractivity contribution in [3.05, 3.63) is 65.5 Å². The first-order chi connectivity index (χ1) is 13.1. The van der Waals surface area contributed by atoms with Gasteiger partial charge in [-0.2, -0.15) is 5.10 Å². The fourth-order valence-corrected chi connectivity index (χ4v) is 2.63. The summed E-state index contributed by atoms with van der Waals surface area (Å²) in [6.45, 7) is 0. The highest BCUT2D eigenvalue weighted by molar-refractivity contribution is 5.87. The quantitative estimate of drug-likeness (QED) is 0.545. The molecule has 0 saturated carbocycles. The summed E-state index contributed by atoms with van der Waals surface area (Å²) in [5.74, 6) is 5.48. The van der Waals surface area contributed by atoms with Gasteiger partial charge in [-0.05, 0) is 30.3 Å². The summed E-state index contributed by atoms with van der Waals surface area (Å²) in [5, 5.41) is 23.6. The lowest BCUT2D eigenvalue weighted by Gasteiger charge is -2.03. The van der Waals surface area contributed by atoms with Gasteiger partial charge in [-0.15, -0.1) is 5.10 Å². The summed E-state index contributed by atoms with van der Waals surface area (Å²) in [6, 6.07) is 12.9. The van der Waals surface area contributed by atoms with E-state index in [2.05, 4.69) is 32.4 Å². The van der Waals surface area contributed by atoms with E-state index in [4.69, 9.17) is 9.84 Å². The van der Waals surface area contributed by atoms with Crippen molar-refractivity contribution >= 4 is 16.9 Å². The molecule has 2 aromatic carbocycles. The van der Waals surface area contributed by atoms with Crippen LogP contribution in [0.25, 0.3) is 10.9 Å². The highest BCUT2D eigenvalue weighted by atomic mass is 16.5. The van der Waals surface area contributed by atoms with Crippen molar-refractivity contribution < 1.29 is 14.6 Å². The third-order valence-corrected chi connectivity index (χ3v) is 3.90. The number of nitrogens with zero attached hydrogens (tertiary/aromatic N) is 4. The predicted molar refractivity (Wildman–Crippen MR) is 96.6 cm³/mol. The number of hydrogen-bond acceptors (Lipinski definition) is 5. The summed E-state index contributed by atoms with van der Waals surface area (Å²) >= 11 is 0. The van der Waals surface area contributed by atoms with Gasteiger partial charge in [0.15, 0.2) is 0 Å². The lowest BCUT2D eigenvalue weighted by Crippen LogP contribution is -1.99. The summed E-state index contributed by atoms with van der Waals surface area (Å²) in [4.78, 5) is 11.0. The molecule has 4 rings (SSSR count). The minimum Gasteiger partial charge on any atom is -0.476 e. The van der Waals surface area contributed by atoms with E-state index in [1.165, 1.54) is 0 Å². The maximum absolute atomic E-state index is 11.0. The number of aromatic carboxylic acids is 1. The second-order valence-electron chi connectivity index (χ2n) is 5.68. The largest absolute Gasteiger partial charge is 0.476 e. The van der Waals surface area contributed by atoms with Crippen molar-refractivity contribution in [2.75, 3.05) is 0 Å². The van der Waals surface area contributed by atoms with E-state index in [0.717, 1.165) is 22.0 Å². The number of nitrogens with one attached hydrogen (secondary N) is 1. The molecule has 0 spiro atoms. The third-order valence-electron chi connectivity index (χ3n) is 3.90. The van der Waals surface area contributed by atoms with Gasteiger partial charge >= 0.3 is 5.97 Å². The van der Waals surface area contributed by atoms with Crippen molar-refractivity contribution in [2.45, 2.75) is 0 Å². The molecule has 2 aromatic heterocycles. The lowest BCUT2D eigenvalue weighted by molar-refractivity contribution is 0.0687. The van der Waals surface area contributed by atoms with Crippen LogP contribution in [0.2, 0.25) is 0 Å². The van der Waals surface area contributed by atoms with Crippen LogP contribution in [0.3, 0.4) is 0 Å². The molecule has 4 aromatic rings. The maximum atomic E-state index is 11.0. The first-order valence-electron chi connectivity index (χ1n) is 7.97. The predicted octanol–water partition coefficient (Wildman–Crippen LogP) is 2.58. The summed E-state index contributed by atoms with van der Waals surface area (Å²) in [6.07, 6.45) is 1.81. The van der Waals surface area contributed by atoms with E-state index in [0.29, 0.717) is 5.75 Å². The Kier molecular flexibility index (Phi) is 4.03. The molecule has 0 amide bonds. The van der Waals surface area contributed by atoms with Crippen LogP contribution in [-0.4, -0.2) is 36.3 Å². The smallest absolute Gasteiger partial charge is 0.362 e. The number of hydrogen-bond donors (Lipinski definition) is 2. The molecule has 0 bridgehead atoms. The second kappa shape index (κ2) is 6.65. The van der Waals surface area contributed by atoms with Gasteiger partial charge in [-0.1, -0.05) is 29.2 Å². The Balaban J connectivity index is 1.57. The molecule has 0 atom stereocenters. The number of fused-ring (bicyclic) bond motifs is 1. The van der Waals surface area contributed by atoms with Gasteiger partial charge in [0.2, 0.25) is 5.69 Å². The Hall–Kier alpha value is -4.12. The van der Waals surface area contributed by atoms with Crippen LogP contribution >= 0.6 is 0 Å². The standard InChI is InChI=1S/C19H13N5O3/c1-24-17-13(3-2-4-14(17)11-20-24)8-5-12-6-9-15(10-7-12)27-18-16(19(25)26)21-23-22-18/h2-4,6-7,9-11H,1H3,(H,25,26)(H,21,22,23). The molecule has 0 aliphatic rings. The fourth-order valence-electron chi connectivity index (χ4n) is 2.63. The normalized spacial score (nSPS) is 10.4. The average Bonchev–Trinajstić information content (AvgIpc) is 3.28. The number of aromatic amines is 1. The first kappa shape index (κ1) is 16.4. The number of aromatic nitrogens is 5. The van der Waals surface area contributed by atoms with E-state index in [1.807, 2.05) is 31.4 Å². The van der Waals surface area contributed by atoms with Crippen molar-refractivity contribution in [3.8, 4) is 23.5 Å². The number of carboxylic acid groups (broad SMARTS) is 1. The van der Waals surface area contributed by atoms with Gasteiger partial charge in [-0.3, -0.25) is 4.68 Å². The molecule has 27 heavy (non-hydrogen) atoms. The number of carboxylic acids is 1. The van der Waals surface area contributed by atoms with Gasteiger partial charge in [0.25, 0.3) is 5.88 Å². The number of carbonyl (C=O) groups is 1. The SMILES string of the molecule is Cn1ncc2cccc(C#Cc3ccc(Oc4[nH]nnc4C(=O)O)cc3)c21. The van der Waals surface area contributed by atoms with Crippen LogP contribution in [-0.2, 0) is 7.05 Å². The number of aryl methyl sites for hydroxylation is 1. The van der Waals surface area contributed by atoms with E-state index in [1.54, 1.807) is 28.9 Å². The van der Waals surface area contributed by atoms with E-state index in [9.17, 15) is 4.79 Å². The van der Waals surface area contributed by atoms with Gasteiger partial charge in [0, 0.05) is 18.0 Å². The zero-order chi connectivity index (χ0) is 18.8. The maximum Gasteiger partial charge on any atom is 0.362 e. The van der Waals surface area contributed by atoms with Crippen LogP contribution in [0, 0.1) is 11.8 Å². The minimum atomic E-state index is -1.22. The number of ether oxygens (including phenoxy) is 1. The highest BCUT2D eigenvalue weighted by Crippen LogP contribution is 2.22. The molecule has 0 saturated heterocycles.